The van der Waals surface area contributed by atoms with Crippen molar-refractivity contribution in [1.82, 2.24) is 15.3 Å². The highest BCUT2D eigenvalue weighted by atomic mass is 16.1. The van der Waals surface area contributed by atoms with Crippen LogP contribution in [0.3, 0.4) is 0 Å². The van der Waals surface area contributed by atoms with Crippen LogP contribution in [-0.2, 0) is 11.3 Å². The lowest BCUT2D eigenvalue weighted by molar-refractivity contribution is -0.119. The SMILES string of the molecule is NCC(=O)NCc1cccc(-c2ccc(N3CC=C(c4ccccn4)CC3)nc2)c1. The van der Waals surface area contributed by atoms with Crippen molar-refractivity contribution in [2.24, 2.45) is 5.73 Å². The van der Waals surface area contributed by atoms with Gasteiger partial charge in [0.25, 0.3) is 0 Å². The zero-order valence-electron chi connectivity index (χ0n) is 16.8. The molecule has 3 heterocycles. The topological polar surface area (TPSA) is 84.1 Å². The monoisotopic (exact) mass is 399 g/mol. The van der Waals surface area contributed by atoms with Gasteiger partial charge < -0.3 is 16.0 Å². The molecule has 0 bridgehead atoms. The Bertz CT molecular complexity index is 1030. The summed E-state index contributed by atoms with van der Waals surface area (Å²) in [4.78, 5) is 22.8. The second-order valence-corrected chi connectivity index (χ2v) is 7.23. The number of nitrogens with one attached hydrogen (secondary N) is 1. The molecule has 0 unspecified atom stereocenters. The van der Waals surface area contributed by atoms with Crippen LogP contribution in [0.2, 0.25) is 0 Å². The molecule has 0 spiro atoms. The number of benzene rings is 1. The van der Waals surface area contributed by atoms with Crippen LogP contribution in [-0.4, -0.2) is 35.5 Å². The molecule has 1 aliphatic heterocycles. The number of carbonyl (C=O) groups excluding carboxylic acids is 1. The van der Waals surface area contributed by atoms with E-state index in [1.807, 2.05) is 42.7 Å². The summed E-state index contributed by atoms with van der Waals surface area (Å²) in [6, 6.07) is 18.3. The Kier molecular flexibility index (Phi) is 6.15. The molecule has 6 nitrogen and oxygen atoms in total. The second-order valence-electron chi connectivity index (χ2n) is 7.23. The highest BCUT2D eigenvalue weighted by molar-refractivity contribution is 5.77. The molecule has 3 N–H and O–H groups in total. The van der Waals surface area contributed by atoms with E-state index in [0.29, 0.717) is 6.54 Å². The number of anilines is 1. The summed E-state index contributed by atoms with van der Waals surface area (Å²) >= 11 is 0. The molecule has 152 valence electrons. The van der Waals surface area contributed by atoms with Crippen molar-refractivity contribution in [1.29, 1.82) is 0 Å². The zero-order valence-corrected chi connectivity index (χ0v) is 16.8. The van der Waals surface area contributed by atoms with E-state index >= 15 is 0 Å². The third-order valence-corrected chi connectivity index (χ3v) is 5.21. The predicted octanol–water partition coefficient (Wildman–Crippen LogP) is 3.01. The lowest BCUT2D eigenvalue weighted by Crippen LogP contribution is -2.29. The standard InChI is InChI=1S/C24H25N5O/c25-15-24(30)28-16-18-4-3-5-20(14-18)21-7-8-23(27-17-21)29-12-9-19(10-13-29)22-6-1-2-11-26-22/h1-9,11,14,17H,10,12-13,15-16,25H2,(H,28,30). The first kappa shape index (κ1) is 19.8. The van der Waals surface area contributed by atoms with E-state index in [1.54, 1.807) is 0 Å². The van der Waals surface area contributed by atoms with Crippen LogP contribution in [0.5, 0.6) is 0 Å². The van der Waals surface area contributed by atoms with E-state index < -0.39 is 0 Å². The minimum atomic E-state index is -0.159. The smallest absolute Gasteiger partial charge is 0.234 e. The zero-order chi connectivity index (χ0) is 20.8. The molecule has 3 aromatic rings. The average molecular weight is 399 g/mol. The fourth-order valence-electron chi connectivity index (χ4n) is 3.54. The van der Waals surface area contributed by atoms with Crippen LogP contribution in [0.4, 0.5) is 5.82 Å². The summed E-state index contributed by atoms with van der Waals surface area (Å²) < 4.78 is 0. The molecule has 0 saturated heterocycles. The van der Waals surface area contributed by atoms with Crippen molar-refractivity contribution < 1.29 is 4.79 Å². The number of hydrogen-bond acceptors (Lipinski definition) is 5. The molecule has 0 fully saturated rings. The molecular weight excluding hydrogens is 374 g/mol. The minimum Gasteiger partial charge on any atom is -0.353 e. The van der Waals surface area contributed by atoms with E-state index in [2.05, 4.69) is 50.5 Å². The Balaban J connectivity index is 1.42. The maximum absolute atomic E-state index is 11.4. The lowest BCUT2D eigenvalue weighted by Gasteiger charge is -2.27. The Hall–Kier alpha value is -3.51. The van der Waals surface area contributed by atoms with E-state index in [-0.39, 0.29) is 12.5 Å². The molecule has 0 saturated carbocycles. The summed E-state index contributed by atoms with van der Waals surface area (Å²) in [6.07, 6.45) is 6.94. The van der Waals surface area contributed by atoms with Crippen molar-refractivity contribution in [3.05, 3.63) is 84.3 Å². The van der Waals surface area contributed by atoms with Gasteiger partial charge in [-0.15, -0.1) is 0 Å². The van der Waals surface area contributed by atoms with Crippen LogP contribution < -0.4 is 16.0 Å². The average Bonchev–Trinajstić information content (AvgIpc) is 2.83. The molecule has 1 amide bonds. The Labute approximate surface area is 176 Å². The van der Waals surface area contributed by atoms with Crippen molar-refractivity contribution in [2.75, 3.05) is 24.5 Å². The van der Waals surface area contributed by atoms with Crippen LogP contribution in [0.25, 0.3) is 16.7 Å². The maximum atomic E-state index is 11.4. The molecule has 0 aliphatic carbocycles. The molecule has 6 heteroatoms. The van der Waals surface area contributed by atoms with Crippen molar-refractivity contribution in [2.45, 2.75) is 13.0 Å². The molecule has 30 heavy (non-hydrogen) atoms. The van der Waals surface area contributed by atoms with Crippen molar-refractivity contribution >= 4 is 17.3 Å². The number of aromatic nitrogens is 2. The number of nitrogens with zero attached hydrogens (tertiary/aromatic N) is 3. The Morgan fingerprint density at radius 2 is 2.00 bits per heavy atom. The quantitative estimate of drug-likeness (QED) is 0.666. The number of hydrogen-bond donors (Lipinski definition) is 2. The van der Waals surface area contributed by atoms with Gasteiger partial charge in [-0.25, -0.2) is 4.98 Å². The molecule has 4 rings (SSSR count). The highest BCUT2D eigenvalue weighted by Crippen LogP contribution is 2.26. The number of rotatable bonds is 6. The molecular formula is C24H25N5O. The van der Waals surface area contributed by atoms with Gasteiger partial charge in [0.1, 0.15) is 5.82 Å². The number of carbonyl (C=O) groups is 1. The van der Waals surface area contributed by atoms with Gasteiger partial charge >= 0.3 is 0 Å². The van der Waals surface area contributed by atoms with Gasteiger partial charge in [-0.1, -0.05) is 30.3 Å². The van der Waals surface area contributed by atoms with Gasteiger partial charge in [-0.05, 0) is 53.5 Å². The molecule has 1 aliphatic rings. The molecule has 0 radical (unpaired) electrons. The molecule has 0 atom stereocenters. The molecule has 1 aromatic carbocycles. The Morgan fingerprint density at radius 3 is 2.70 bits per heavy atom. The van der Waals surface area contributed by atoms with Crippen LogP contribution >= 0.6 is 0 Å². The summed E-state index contributed by atoms with van der Waals surface area (Å²) in [5.41, 5.74) is 10.8. The van der Waals surface area contributed by atoms with Crippen molar-refractivity contribution in [3.8, 4) is 11.1 Å². The Morgan fingerprint density at radius 1 is 1.07 bits per heavy atom. The van der Waals surface area contributed by atoms with Gasteiger partial charge in [0.05, 0.1) is 12.2 Å². The minimum absolute atomic E-state index is 0.000115. The van der Waals surface area contributed by atoms with E-state index in [0.717, 1.165) is 47.7 Å². The van der Waals surface area contributed by atoms with Crippen LogP contribution in [0.15, 0.2) is 73.1 Å². The first-order valence-corrected chi connectivity index (χ1v) is 10.1. The second kappa shape index (κ2) is 9.33. The first-order chi connectivity index (χ1) is 14.7. The number of nitrogens with two attached hydrogens (primary N) is 1. The summed E-state index contributed by atoms with van der Waals surface area (Å²) in [5, 5.41) is 2.80. The van der Waals surface area contributed by atoms with Gasteiger partial charge in [0.2, 0.25) is 5.91 Å². The van der Waals surface area contributed by atoms with Gasteiger partial charge in [-0.2, -0.15) is 0 Å². The number of pyridine rings is 2. The number of amides is 1. The first-order valence-electron chi connectivity index (χ1n) is 10.1. The van der Waals surface area contributed by atoms with E-state index in [9.17, 15) is 4.79 Å². The van der Waals surface area contributed by atoms with Gasteiger partial charge in [0, 0.05) is 37.6 Å². The van der Waals surface area contributed by atoms with Crippen LogP contribution in [0, 0.1) is 0 Å². The van der Waals surface area contributed by atoms with Gasteiger partial charge in [-0.3, -0.25) is 9.78 Å². The third kappa shape index (κ3) is 4.72. The van der Waals surface area contributed by atoms with E-state index in [1.165, 1.54) is 5.57 Å². The van der Waals surface area contributed by atoms with Crippen molar-refractivity contribution in [3.63, 3.8) is 0 Å². The summed E-state index contributed by atoms with van der Waals surface area (Å²) in [6.45, 7) is 2.22. The van der Waals surface area contributed by atoms with E-state index in [4.69, 9.17) is 5.73 Å². The fraction of sp³-hybridized carbons (Fsp3) is 0.208. The summed E-state index contributed by atoms with van der Waals surface area (Å²) in [7, 11) is 0. The fourth-order valence-corrected chi connectivity index (χ4v) is 3.54. The summed E-state index contributed by atoms with van der Waals surface area (Å²) in [5.74, 6) is 0.814. The highest BCUT2D eigenvalue weighted by Gasteiger charge is 2.15. The maximum Gasteiger partial charge on any atom is 0.234 e. The van der Waals surface area contributed by atoms with Crippen LogP contribution in [0.1, 0.15) is 17.7 Å². The lowest BCUT2D eigenvalue weighted by atomic mass is 10.0. The molecule has 2 aromatic heterocycles. The van der Waals surface area contributed by atoms with Gasteiger partial charge in [0.15, 0.2) is 0 Å². The largest absolute Gasteiger partial charge is 0.353 e. The normalized spacial score (nSPS) is 13.6. The predicted molar refractivity (Wildman–Crippen MR) is 120 cm³/mol. The third-order valence-electron chi connectivity index (χ3n) is 5.21.